The van der Waals surface area contributed by atoms with Crippen molar-refractivity contribution < 1.29 is 0 Å². The van der Waals surface area contributed by atoms with Crippen LogP contribution >= 0.6 is 0 Å². The summed E-state index contributed by atoms with van der Waals surface area (Å²) in [4.78, 5) is 4.57. The number of hydrogen-bond donors (Lipinski definition) is 0. The molecule has 2 nitrogen and oxygen atoms in total. The summed E-state index contributed by atoms with van der Waals surface area (Å²) < 4.78 is 0. The number of anilines is 6. The van der Waals surface area contributed by atoms with Gasteiger partial charge in [-0.25, -0.2) is 0 Å². The molecule has 0 spiro atoms. The third-order valence-electron chi connectivity index (χ3n) is 9.26. The molecule has 0 atom stereocenters. The largest absolute Gasteiger partial charge is 0.311 e. The summed E-state index contributed by atoms with van der Waals surface area (Å²) >= 11 is 0. The molecule has 0 aliphatic carbocycles. The number of aryl methyl sites for hydroxylation is 2. The van der Waals surface area contributed by atoms with Crippen molar-refractivity contribution in [2.45, 2.75) is 13.8 Å². The summed E-state index contributed by atoms with van der Waals surface area (Å²) in [6, 6.07) is 64.2. The quantitative estimate of drug-likeness (QED) is 0.117. The maximum Gasteiger partial charge on any atom is 0.0462 e. The zero-order valence-electron chi connectivity index (χ0n) is 30.8. The second-order valence-electron chi connectivity index (χ2n) is 13.3. The van der Waals surface area contributed by atoms with Crippen molar-refractivity contribution >= 4 is 58.4 Å². The van der Waals surface area contributed by atoms with Gasteiger partial charge in [-0.3, -0.25) is 0 Å². The lowest BCUT2D eigenvalue weighted by atomic mass is 10.1. The van der Waals surface area contributed by atoms with Crippen LogP contribution in [0.2, 0.25) is 0 Å². The maximum absolute atomic E-state index is 2.29. The number of benzene rings is 7. The van der Waals surface area contributed by atoms with Crippen molar-refractivity contribution in [3.63, 3.8) is 0 Å². The normalized spacial score (nSPS) is 11.6. The monoisotopic (exact) mass is 696 g/mol. The number of para-hydroxylation sites is 2. The molecule has 0 amide bonds. The van der Waals surface area contributed by atoms with Gasteiger partial charge < -0.3 is 9.80 Å². The van der Waals surface area contributed by atoms with E-state index in [1.807, 2.05) is 0 Å². The van der Waals surface area contributed by atoms with Crippen LogP contribution in [0.15, 0.2) is 206 Å². The van der Waals surface area contributed by atoms with E-state index < -0.39 is 0 Å². The smallest absolute Gasteiger partial charge is 0.0462 e. The lowest BCUT2D eigenvalue weighted by Gasteiger charge is -2.25. The summed E-state index contributed by atoms with van der Waals surface area (Å²) in [5.41, 5.74) is 13.9. The zero-order valence-corrected chi connectivity index (χ0v) is 30.8. The molecule has 0 N–H and O–H groups in total. The average Bonchev–Trinajstić information content (AvgIpc) is 3.22. The fourth-order valence-electron chi connectivity index (χ4n) is 6.37. The third kappa shape index (κ3) is 9.11. The van der Waals surface area contributed by atoms with Crippen LogP contribution in [-0.4, -0.2) is 0 Å². The molecule has 0 aromatic heterocycles. The average molecular weight is 697 g/mol. The van der Waals surface area contributed by atoms with E-state index in [-0.39, 0.29) is 0 Å². The highest BCUT2D eigenvalue weighted by Gasteiger charge is 2.13. The van der Waals surface area contributed by atoms with Crippen molar-refractivity contribution in [1.29, 1.82) is 0 Å². The van der Waals surface area contributed by atoms with Crippen molar-refractivity contribution in [2.75, 3.05) is 9.80 Å². The highest BCUT2D eigenvalue weighted by atomic mass is 15.1. The Bertz CT molecular complexity index is 2180. The first kappa shape index (κ1) is 35.5. The van der Waals surface area contributed by atoms with Crippen LogP contribution in [0.5, 0.6) is 0 Å². The number of rotatable bonds is 12. The Morgan fingerprint density at radius 3 is 0.907 bits per heavy atom. The molecule has 7 rings (SSSR count). The van der Waals surface area contributed by atoms with Gasteiger partial charge in [0.05, 0.1) is 0 Å². The predicted octanol–water partition coefficient (Wildman–Crippen LogP) is 14.7. The molecule has 0 unspecified atom stereocenters. The van der Waals surface area contributed by atoms with Gasteiger partial charge in [0.25, 0.3) is 0 Å². The predicted molar refractivity (Wildman–Crippen MR) is 234 cm³/mol. The van der Waals surface area contributed by atoms with Crippen LogP contribution in [0.1, 0.15) is 33.4 Å². The molecule has 2 heteroatoms. The molecule has 262 valence electrons. The van der Waals surface area contributed by atoms with Crippen LogP contribution in [0.4, 0.5) is 34.1 Å². The van der Waals surface area contributed by atoms with E-state index in [1.165, 1.54) is 22.3 Å². The van der Waals surface area contributed by atoms with Crippen LogP contribution in [0, 0.1) is 13.8 Å². The molecule has 0 saturated carbocycles. The second-order valence-corrected chi connectivity index (χ2v) is 13.3. The van der Waals surface area contributed by atoms with Crippen molar-refractivity contribution in [2.24, 2.45) is 0 Å². The fourth-order valence-corrected chi connectivity index (χ4v) is 6.37. The lowest BCUT2D eigenvalue weighted by Crippen LogP contribution is -2.09. The van der Waals surface area contributed by atoms with Crippen LogP contribution in [0.25, 0.3) is 24.3 Å². The molecule has 7 aromatic rings. The van der Waals surface area contributed by atoms with Gasteiger partial charge in [0, 0.05) is 34.1 Å². The van der Waals surface area contributed by atoms with Gasteiger partial charge >= 0.3 is 0 Å². The molecule has 0 radical (unpaired) electrons. The Balaban J connectivity index is 0.996. The Hall–Kier alpha value is -6.90. The van der Waals surface area contributed by atoms with E-state index >= 15 is 0 Å². The summed E-state index contributed by atoms with van der Waals surface area (Å²) in [7, 11) is 0. The first-order valence-electron chi connectivity index (χ1n) is 18.4. The van der Waals surface area contributed by atoms with Gasteiger partial charge in [-0.1, -0.05) is 169 Å². The minimum absolute atomic E-state index is 1.12. The van der Waals surface area contributed by atoms with Crippen molar-refractivity contribution in [3.05, 3.63) is 240 Å². The molecule has 0 aliphatic rings. The molecule has 0 bridgehead atoms. The van der Waals surface area contributed by atoms with Crippen molar-refractivity contribution in [3.8, 4) is 0 Å². The standard InChI is InChI=1S/C52H44N2/c1-41-25-33-49(34-26-41)53(47-21-5-3-6-22-47)51-37-29-43(30-38-51)15-9-11-17-45-19-13-14-20-46(45)18-12-10-16-44-31-39-52(40-32-44)54(48-23-7-4-8-24-48)50-35-27-42(2)28-36-50/h3-40H,1-2H3/b15-9+,16-10+,17-11+,18-12+. The minimum Gasteiger partial charge on any atom is -0.311 e. The molecule has 54 heavy (non-hydrogen) atoms. The Morgan fingerprint density at radius 1 is 0.278 bits per heavy atom. The first-order chi connectivity index (χ1) is 26.6. The van der Waals surface area contributed by atoms with Gasteiger partial charge in [0.1, 0.15) is 0 Å². The summed E-state index contributed by atoms with van der Waals surface area (Å²) in [6.45, 7) is 4.24. The summed E-state index contributed by atoms with van der Waals surface area (Å²) in [6.07, 6.45) is 17.0. The molecule has 7 aromatic carbocycles. The van der Waals surface area contributed by atoms with Crippen LogP contribution < -0.4 is 9.80 Å². The molecule has 0 aliphatic heterocycles. The Morgan fingerprint density at radius 2 is 0.556 bits per heavy atom. The third-order valence-corrected chi connectivity index (χ3v) is 9.26. The van der Waals surface area contributed by atoms with Crippen molar-refractivity contribution in [1.82, 2.24) is 0 Å². The van der Waals surface area contributed by atoms with Gasteiger partial charge in [-0.05, 0) is 109 Å². The van der Waals surface area contributed by atoms with Gasteiger partial charge in [-0.2, -0.15) is 0 Å². The van der Waals surface area contributed by atoms with E-state index in [1.54, 1.807) is 0 Å². The Labute approximate surface area is 320 Å². The zero-order chi connectivity index (χ0) is 37.0. The van der Waals surface area contributed by atoms with Crippen LogP contribution in [-0.2, 0) is 0 Å². The molecule has 0 fully saturated rings. The number of hydrogen-bond acceptors (Lipinski definition) is 2. The minimum atomic E-state index is 1.12. The van der Waals surface area contributed by atoms with E-state index in [2.05, 4.69) is 254 Å². The molecule has 0 heterocycles. The summed E-state index contributed by atoms with van der Waals surface area (Å²) in [5.74, 6) is 0. The van der Waals surface area contributed by atoms with Crippen LogP contribution in [0.3, 0.4) is 0 Å². The topological polar surface area (TPSA) is 6.48 Å². The van der Waals surface area contributed by atoms with Gasteiger partial charge in [-0.15, -0.1) is 0 Å². The first-order valence-corrected chi connectivity index (χ1v) is 18.4. The molecular formula is C52H44N2. The highest BCUT2D eigenvalue weighted by Crippen LogP contribution is 2.36. The molecular weight excluding hydrogens is 653 g/mol. The molecule has 0 saturated heterocycles. The number of nitrogens with zero attached hydrogens (tertiary/aromatic N) is 2. The SMILES string of the molecule is Cc1ccc(N(c2ccccc2)c2ccc(/C=C/C=C/c3ccccc3/C=C/C=C/c3ccc(N(c4ccccc4)c4ccc(C)cc4)cc3)cc2)cc1. The lowest BCUT2D eigenvalue weighted by molar-refractivity contribution is 1.27. The highest BCUT2D eigenvalue weighted by molar-refractivity contribution is 5.79. The number of allylic oxidation sites excluding steroid dienone is 4. The van der Waals surface area contributed by atoms with E-state index in [4.69, 9.17) is 0 Å². The summed E-state index contributed by atoms with van der Waals surface area (Å²) in [5, 5.41) is 0. The van der Waals surface area contributed by atoms with E-state index in [9.17, 15) is 0 Å². The Kier molecular flexibility index (Phi) is 11.5. The van der Waals surface area contributed by atoms with E-state index in [0.29, 0.717) is 0 Å². The van der Waals surface area contributed by atoms with E-state index in [0.717, 1.165) is 45.3 Å². The second kappa shape index (κ2) is 17.5. The van der Waals surface area contributed by atoms with Gasteiger partial charge in [0.15, 0.2) is 0 Å². The fraction of sp³-hybridized carbons (Fsp3) is 0.0385. The maximum atomic E-state index is 2.29. The van der Waals surface area contributed by atoms with Gasteiger partial charge in [0.2, 0.25) is 0 Å².